The molecule has 1 rings (SSSR count). The molecule has 1 atom stereocenters. The van der Waals surface area contributed by atoms with E-state index in [1.165, 1.54) is 12.4 Å². The average Bonchev–Trinajstić information content (AvgIpc) is 2.12. The molecule has 2 N–H and O–H groups in total. The summed E-state index contributed by atoms with van der Waals surface area (Å²) in [6.07, 6.45) is 1.26. The van der Waals surface area contributed by atoms with Gasteiger partial charge in [0, 0.05) is 10.8 Å². The third-order valence-electron chi connectivity index (χ3n) is 1.88. The Hall–Kier alpha value is -1.01. The van der Waals surface area contributed by atoms with Crippen LogP contribution in [-0.4, -0.2) is 31.8 Å². The Balaban J connectivity index is 2.89. The summed E-state index contributed by atoms with van der Waals surface area (Å²) in [6.45, 7) is 3.40. The average molecular weight is 262 g/mol. The van der Waals surface area contributed by atoms with Crippen LogP contribution in [-0.2, 0) is 4.79 Å². The normalized spacial score (nSPS) is 13.2. The van der Waals surface area contributed by atoms with Gasteiger partial charge in [-0.3, -0.25) is 0 Å². The topological polar surface area (TPSA) is 75.1 Å². The molecular formula is C9H12ClN3O2S. The van der Waals surface area contributed by atoms with Crippen molar-refractivity contribution in [1.29, 1.82) is 0 Å². The summed E-state index contributed by atoms with van der Waals surface area (Å²) in [4.78, 5) is 18.6. The minimum atomic E-state index is -1.00. The Kier molecular flexibility index (Phi) is 3.98. The maximum Gasteiger partial charge on any atom is 0.327 e. The Morgan fingerprint density at radius 1 is 1.62 bits per heavy atom. The number of thiol groups is 1. The summed E-state index contributed by atoms with van der Waals surface area (Å²) in [5, 5.41) is 12.0. The number of halogens is 1. The van der Waals surface area contributed by atoms with Gasteiger partial charge in [0.05, 0.1) is 0 Å². The van der Waals surface area contributed by atoms with E-state index < -0.39 is 16.8 Å². The standard InChI is InChI=1S/C9H12ClN3O2S/c1-9(2,16)7(8(14)15)13-6-3-5(10)11-4-12-6/h3-4,7,16H,1-2H3,(H,14,15)(H,11,12,13). The summed E-state index contributed by atoms with van der Waals surface area (Å²) in [5.41, 5.74) is 0. The van der Waals surface area contributed by atoms with Crippen LogP contribution in [0.2, 0.25) is 5.15 Å². The lowest BCUT2D eigenvalue weighted by Gasteiger charge is -2.27. The van der Waals surface area contributed by atoms with E-state index in [-0.39, 0.29) is 5.15 Å². The van der Waals surface area contributed by atoms with Crippen LogP contribution in [0.1, 0.15) is 13.8 Å². The van der Waals surface area contributed by atoms with E-state index in [1.54, 1.807) is 13.8 Å². The molecule has 0 saturated carbocycles. The lowest BCUT2D eigenvalue weighted by Crippen LogP contribution is -2.44. The van der Waals surface area contributed by atoms with Gasteiger partial charge in [0.2, 0.25) is 0 Å². The van der Waals surface area contributed by atoms with Crippen LogP contribution in [0, 0.1) is 0 Å². The fourth-order valence-electron chi connectivity index (χ4n) is 1.10. The number of nitrogens with zero attached hydrogens (tertiary/aromatic N) is 2. The number of hydrogen-bond acceptors (Lipinski definition) is 5. The van der Waals surface area contributed by atoms with Crippen LogP contribution in [0.5, 0.6) is 0 Å². The molecule has 0 aromatic carbocycles. The number of anilines is 1. The highest BCUT2D eigenvalue weighted by Gasteiger charge is 2.32. The second-order valence-electron chi connectivity index (χ2n) is 3.80. The molecule has 0 radical (unpaired) electrons. The highest BCUT2D eigenvalue weighted by atomic mass is 35.5. The van der Waals surface area contributed by atoms with Gasteiger partial charge in [-0.1, -0.05) is 11.6 Å². The smallest absolute Gasteiger partial charge is 0.327 e. The highest BCUT2D eigenvalue weighted by molar-refractivity contribution is 7.81. The van der Waals surface area contributed by atoms with Gasteiger partial charge in [-0.25, -0.2) is 14.8 Å². The van der Waals surface area contributed by atoms with Gasteiger partial charge in [0.15, 0.2) is 0 Å². The second-order valence-corrected chi connectivity index (χ2v) is 5.34. The molecular weight excluding hydrogens is 250 g/mol. The van der Waals surface area contributed by atoms with E-state index in [0.29, 0.717) is 5.82 Å². The quantitative estimate of drug-likeness (QED) is 0.568. The van der Waals surface area contributed by atoms with Crippen LogP contribution < -0.4 is 5.32 Å². The molecule has 1 heterocycles. The SMILES string of the molecule is CC(C)(S)C(Nc1cc(Cl)ncn1)C(=O)O. The number of aromatic nitrogens is 2. The van der Waals surface area contributed by atoms with E-state index >= 15 is 0 Å². The maximum atomic E-state index is 11.0. The minimum absolute atomic E-state index is 0.249. The van der Waals surface area contributed by atoms with E-state index in [4.69, 9.17) is 16.7 Å². The molecule has 1 aromatic heterocycles. The van der Waals surface area contributed by atoms with Gasteiger partial charge in [-0.2, -0.15) is 12.6 Å². The molecule has 0 bridgehead atoms. The van der Waals surface area contributed by atoms with Crippen LogP contribution in [0.15, 0.2) is 12.4 Å². The van der Waals surface area contributed by atoms with Crippen molar-refractivity contribution in [2.75, 3.05) is 5.32 Å². The van der Waals surface area contributed by atoms with Gasteiger partial charge in [0.1, 0.15) is 23.3 Å². The zero-order chi connectivity index (χ0) is 12.3. The Labute approximate surface area is 104 Å². The highest BCUT2D eigenvalue weighted by Crippen LogP contribution is 2.21. The summed E-state index contributed by atoms with van der Waals surface area (Å²) in [5.74, 6) is -0.649. The van der Waals surface area contributed by atoms with Crippen molar-refractivity contribution in [3.05, 3.63) is 17.5 Å². The summed E-state index contributed by atoms with van der Waals surface area (Å²) in [7, 11) is 0. The van der Waals surface area contributed by atoms with E-state index in [1.807, 2.05) is 0 Å². The maximum absolute atomic E-state index is 11.0. The second kappa shape index (κ2) is 4.88. The first kappa shape index (κ1) is 13.1. The number of hydrogen-bond donors (Lipinski definition) is 3. The predicted octanol–water partition coefficient (Wildman–Crippen LogP) is 1.70. The fraction of sp³-hybridized carbons (Fsp3) is 0.444. The van der Waals surface area contributed by atoms with Crippen LogP contribution in [0.4, 0.5) is 5.82 Å². The Bertz CT molecular complexity index is 395. The van der Waals surface area contributed by atoms with E-state index in [0.717, 1.165) is 0 Å². The van der Waals surface area contributed by atoms with Crippen molar-refractivity contribution < 1.29 is 9.90 Å². The molecule has 1 aromatic rings. The van der Waals surface area contributed by atoms with Gasteiger partial charge in [0.25, 0.3) is 0 Å². The van der Waals surface area contributed by atoms with Crippen molar-refractivity contribution in [2.24, 2.45) is 0 Å². The van der Waals surface area contributed by atoms with Crippen LogP contribution in [0.3, 0.4) is 0 Å². The number of carboxylic acids is 1. The van der Waals surface area contributed by atoms with Crippen molar-refractivity contribution in [1.82, 2.24) is 9.97 Å². The van der Waals surface area contributed by atoms with Crippen molar-refractivity contribution in [3.8, 4) is 0 Å². The lowest BCUT2D eigenvalue weighted by molar-refractivity contribution is -0.138. The molecule has 16 heavy (non-hydrogen) atoms. The van der Waals surface area contributed by atoms with Gasteiger partial charge < -0.3 is 10.4 Å². The molecule has 0 amide bonds. The molecule has 0 saturated heterocycles. The van der Waals surface area contributed by atoms with Gasteiger partial charge >= 0.3 is 5.97 Å². The van der Waals surface area contributed by atoms with Crippen molar-refractivity contribution >= 4 is 36.0 Å². The van der Waals surface area contributed by atoms with Crippen molar-refractivity contribution in [3.63, 3.8) is 0 Å². The van der Waals surface area contributed by atoms with Crippen LogP contribution in [0.25, 0.3) is 0 Å². The molecule has 0 aliphatic rings. The summed E-state index contributed by atoms with van der Waals surface area (Å²) >= 11 is 9.89. The first-order chi connectivity index (χ1) is 7.30. The fourth-order valence-corrected chi connectivity index (χ4v) is 1.42. The third-order valence-corrected chi connectivity index (χ3v) is 2.34. The molecule has 0 spiro atoms. The van der Waals surface area contributed by atoms with Gasteiger partial charge in [-0.05, 0) is 13.8 Å². The van der Waals surface area contributed by atoms with E-state index in [2.05, 4.69) is 27.9 Å². The largest absolute Gasteiger partial charge is 0.480 e. The van der Waals surface area contributed by atoms with Crippen LogP contribution >= 0.6 is 24.2 Å². The summed E-state index contributed by atoms with van der Waals surface area (Å²) in [6, 6.07) is 0.582. The number of carbonyl (C=O) groups is 1. The number of carboxylic acid groups (broad SMARTS) is 1. The lowest BCUT2D eigenvalue weighted by atomic mass is 10.0. The predicted molar refractivity (Wildman–Crippen MR) is 65.2 cm³/mol. The number of rotatable bonds is 4. The van der Waals surface area contributed by atoms with Crippen molar-refractivity contribution in [2.45, 2.75) is 24.6 Å². The minimum Gasteiger partial charge on any atom is -0.480 e. The van der Waals surface area contributed by atoms with Gasteiger partial charge in [-0.15, -0.1) is 0 Å². The molecule has 5 nitrogen and oxygen atoms in total. The molecule has 7 heteroatoms. The monoisotopic (exact) mass is 261 g/mol. The number of nitrogens with one attached hydrogen (secondary N) is 1. The molecule has 88 valence electrons. The zero-order valence-corrected chi connectivity index (χ0v) is 10.5. The van der Waals surface area contributed by atoms with E-state index in [9.17, 15) is 4.79 Å². The zero-order valence-electron chi connectivity index (χ0n) is 8.81. The molecule has 0 fully saturated rings. The first-order valence-electron chi connectivity index (χ1n) is 4.50. The molecule has 1 unspecified atom stereocenters. The Morgan fingerprint density at radius 3 is 2.69 bits per heavy atom. The molecule has 0 aliphatic heterocycles. The summed E-state index contributed by atoms with van der Waals surface area (Å²) < 4.78 is -0.733. The molecule has 0 aliphatic carbocycles. The number of aliphatic carboxylic acids is 1. The third kappa shape index (κ3) is 3.53. The Morgan fingerprint density at radius 2 is 2.25 bits per heavy atom. The first-order valence-corrected chi connectivity index (χ1v) is 5.32.